The van der Waals surface area contributed by atoms with Gasteiger partial charge in [0.05, 0.1) is 44.2 Å². The zero-order chi connectivity index (χ0) is 25.4. The van der Waals surface area contributed by atoms with Crippen molar-refractivity contribution in [3.8, 4) is 5.75 Å². The summed E-state index contributed by atoms with van der Waals surface area (Å²) >= 11 is 3.07. The number of nitrogens with two attached hydrogens (primary N) is 1. The minimum absolute atomic E-state index is 0. The Morgan fingerprint density at radius 1 is 1.47 bits per heavy atom. The first-order chi connectivity index (χ1) is 17.8. The average molecular weight is 569 g/mol. The lowest BCUT2D eigenvalue weighted by molar-refractivity contribution is -0.138. The fourth-order valence-electron chi connectivity index (χ4n) is 6.58. The summed E-state index contributed by atoms with van der Waals surface area (Å²) in [7, 11) is 1.82. The highest BCUT2D eigenvalue weighted by Crippen LogP contribution is 2.66. The van der Waals surface area contributed by atoms with Crippen LogP contribution in [0.3, 0.4) is 0 Å². The highest BCUT2D eigenvalue weighted by atomic mass is 35.5. The molecular weight excluding hydrogens is 548 g/mol. The number of hydrogen-bond acceptors (Lipinski definition) is 9. The van der Waals surface area contributed by atoms with Crippen molar-refractivity contribution in [1.82, 2.24) is 14.1 Å². The van der Waals surface area contributed by atoms with E-state index in [1.165, 1.54) is 11.8 Å². The number of halogens is 1. The van der Waals surface area contributed by atoms with Crippen molar-refractivity contribution in [3.05, 3.63) is 49.7 Å². The number of benzene rings is 1. The van der Waals surface area contributed by atoms with E-state index in [2.05, 4.69) is 19.9 Å². The quantitative estimate of drug-likeness (QED) is 0.226. The first-order valence-electron chi connectivity index (χ1n) is 12.0. The molecule has 6 heterocycles. The van der Waals surface area contributed by atoms with Crippen LogP contribution < -0.4 is 38.6 Å². The van der Waals surface area contributed by atoms with Crippen molar-refractivity contribution in [2.75, 3.05) is 11.9 Å². The maximum atomic E-state index is 13.8. The average Bonchev–Trinajstić information content (AvgIpc) is 3.52. The third-order valence-electron chi connectivity index (χ3n) is 8.20. The molecule has 10 nitrogen and oxygen atoms in total. The molecule has 0 radical (unpaired) electrons. The summed E-state index contributed by atoms with van der Waals surface area (Å²) in [6.45, 7) is 0.630. The van der Waals surface area contributed by atoms with Crippen LogP contribution in [0.2, 0.25) is 0 Å². The molecule has 1 unspecified atom stereocenters. The third-order valence-corrected chi connectivity index (χ3v) is 10.8. The third kappa shape index (κ3) is 2.73. The van der Waals surface area contributed by atoms with Crippen LogP contribution in [0, 0.1) is 0 Å². The molecule has 5 N–H and O–H groups in total. The predicted octanol–water partition coefficient (Wildman–Crippen LogP) is -2.54. The molecule has 13 heteroatoms. The SMILES string of the molecule is Cn1cnc(SC2=C3C(=O)C=C4S[C@H]5C[C@]42c2c(c(O)c4c6c2=[N+]3CCC=6C=N4)N5)c1CC(N)C(=O)O.[Cl-]. The number of carboxylic acids is 1. The Balaban J connectivity index is 0.00000242. The van der Waals surface area contributed by atoms with E-state index < -0.39 is 17.4 Å². The van der Waals surface area contributed by atoms with Gasteiger partial charge in [-0.1, -0.05) is 11.8 Å². The summed E-state index contributed by atoms with van der Waals surface area (Å²) in [6.07, 6.45) is 6.84. The normalized spacial score (nSPS) is 25.4. The van der Waals surface area contributed by atoms with Crippen molar-refractivity contribution in [2.24, 2.45) is 17.8 Å². The molecule has 1 aliphatic carbocycles. The standard InChI is InChI=1S/C25H20N6O4S2.ClH/c1-30-8-28-23(11(30)4-10(26)24(34)35)37-22-19-12(32)5-13-25(22)6-14(36-13)29-18-16(25)20-15-9(2-3-31(19)20)7-27-17(15)21(18)33;/h5,7-8,10,14H,2-4,6,26H2,1H3,(H2,27,29,33,34,35);1H/t10?,14-,25+;/m0./s1. The van der Waals surface area contributed by atoms with Crippen molar-refractivity contribution < 1.29 is 32.2 Å². The number of aliphatic imine (C=N–C) groups is 1. The van der Waals surface area contributed by atoms with Crippen molar-refractivity contribution in [1.29, 1.82) is 0 Å². The smallest absolute Gasteiger partial charge is 0.320 e. The van der Waals surface area contributed by atoms with E-state index in [1.54, 1.807) is 28.7 Å². The van der Waals surface area contributed by atoms with E-state index in [9.17, 15) is 19.8 Å². The number of phenolic OH excluding ortho intramolecular Hbond substituents is 1. The number of carbonyl (C=O) groups excluding carboxylic acids is 1. The number of ketones is 1. The molecular formula is C25H21ClN6O4S2. The van der Waals surface area contributed by atoms with Crippen LogP contribution >= 0.6 is 23.5 Å². The Kier molecular flexibility index (Phi) is 4.90. The molecule has 5 aliphatic heterocycles. The van der Waals surface area contributed by atoms with E-state index in [4.69, 9.17) is 5.73 Å². The fourth-order valence-corrected chi connectivity index (χ4v) is 9.54. The Labute approximate surface area is 230 Å². The molecule has 0 saturated carbocycles. The second kappa shape index (κ2) is 7.75. The maximum absolute atomic E-state index is 13.8. The van der Waals surface area contributed by atoms with Crippen LogP contribution in [-0.4, -0.2) is 55.7 Å². The first-order valence-corrected chi connectivity index (χ1v) is 13.7. The number of thioether (sulfide) groups is 2. The van der Waals surface area contributed by atoms with Crippen LogP contribution in [0.5, 0.6) is 5.75 Å². The monoisotopic (exact) mass is 568 g/mol. The number of anilines is 1. The van der Waals surface area contributed by atoms with Gasteiger partial charge in [-0.3, -0.25) is 14.6 Å². The molecule has 2 aromatic rings. The van der Waals surface area contributed by atoms with E-state index in [1.807, 2.05) is 13.3 Å². The number of phenols is 1. The molecule has 194 valence electrons. The number of carboxylic acid groups (broad SMARTS) is 1. The van der Waals surface area contributed by atoms with E-state index >= 15 is 0 Å². The summed E-state index contributed by atoms with van der Waals surface area (Å²) in [5.41, 5.74) is 10.0. The number of fused-ring (bicyclic) bond motifs is 2. The summed E-state index contributed by atoms with van der Waals surface area (Å²) < 4.78 is 3.90. The zero-order valence-electron chi connectivity index (χ0n) is 20.0. The van der Waals surface area contributed by atoms with Crippen LogP contribution in [0.15, 0.2) is 37.9 Å². The number of hydrogen-bond donors (Lipinski definition) is 4. The van der Waals surface area contributed by atoms with Crippen molar-refractivity contribution >= 4 is 58.4 Å². The van der Waals surface area contributed by atoms with Gasteiger partial charge in [-0.05, 0) is 12.0 Å². The van der Waals surface area contributed by atoms with Crippen molar-refractivity contribution in [2.45, 2.75) is 41.1 Å². The van der Waals surface area contributed by atoms with E-state index in [-0.39, 0.29) is 35.7 Å². The largest absolute Gasteiger partial charge is 1.00 e. The number of allylic oxidation sites excluding steroid dienone is 3. The Morgan fingerprint density at radius 3 is 3.08 bits per heavy atom. The maximum Gasteiger partial charge on any atom is 0.320 e. The number of rotatable bonds is 5. The van der Waals surface area contributed by atoms with Gasteiger partial charge in [-0.25, -0.2) is 4.98 Å². The molecule has 38 heavy (non-hydrogen) atoms. The molecule has 1 fully saturated rings. The number of nitrogens with one attached hydrogen (secondary N) is 1. The molecule has 1 saturated heterocycles. The molecule has 1 aromatic carbocycles. The Morgan fingerprint density at radius 2 is 2.29 bits per heavy atom. The molecule has 8 rings (SSSR count). The molecule has 6 aliphatic rings. The minimum atomic E-state index is -1.08. The number of aromatic hydroxyl groups is 1. The van der Waals surface area contributed by atoms with E-state index in [0.29, 0.717) is 40.8 Å². The highest BCUT2D eigenvalue weighted by molar-refractivity contribution is 8.05. The highest BCUT2D eigenvalue weighted by Gasteiger charge is 2.63. The molecule has 1 aromatic heterocycles. The number of aryl methyl sites for hydroxylation is 1. The molecule has 3 bridgehead atoms. The van der Waals surface area contributed by atoms with Crippen LogP contribution in [-0.2, 0) is 28.5 Å². The van der Waals surface area contributed by atoms with Gasteiger partial charge in [0.25, 0.3) is 11.5 Å². The lowest BCUT2D eigenvalue weighted by atomic mass is 9.68. The van der Waals surface area contributed by atoms with Gasteiger partial charge in [0.1, 0.15) is 16.8 Å². The lowest BCUT2D eigenvalue weighted by Gasteiger charge is -2.41. The van der Waals surface area contributed by atoms with Crippen LogP contribution in [0.4, 0.5) is 11.4 Å². The first kappa shape index (κ1) is 24.0. The number of aliphatic carboxylic acids is 1. The zero-order valence-corrected chi connectivity index (χ0v) is 22.4. The van der Waals surface area contributed by atoms with Gasteiger partial charge < -0.3 is 38.2 Å². The number of aromatic nitrogens is 2. The van der Waals surface area contributed by atoms with Gasteiger partial charge in [0.15, 0.2) is 12.3 Å². The number of carbonyl (C=O) groups is 2. The second-order valence-electron chi connectivity index (χ2n) is 10.1. The second-order valence-corrected chi connectivity index (χ2v) is 12.4. The van der Waals surface area contributed by atoms with Gasteiger partial charge in [-0.2, -0.15) is 4.58 Å². The molecule has 0 amide bonds. The minimum Gasteiger partial charge on any atom is -1.00 e. The van der Waals surface area contributed by atoms with Crippen molar-refractivity contribution in [3.63, 3.8) is 0 Å². The van der Waals surface area contributed by atoms with Gasteiger partial charge >= 0.3 is 5.97 Å². The predicted molar refractivity (Wildman–Crippen MR) is 139 cm³/mol. The lowest BCUT2D eigenvalue weighted by Crippen LogP contribution is -3.00. The Bertz CT molecular complexity index is 1780. The summed E-state index contributed by atoms with van der Waals surface area (Å²) in [6, 6.07) is -1.06. The summed E-state index contributed by atoms with van der Waals surface area (Å²) in [5.74, 6) is -0.962. The van der Waals surface area contributed by atoms with Gasteiger partial charge in [0.2, 0.25) is 5.36 Å². The van der Waals surface area contributed by atoms with Gasteiger partial charge in [-0.15, -0.1) is 11.8 Å². The molecule has 1 spiro atoms. The number of nitrogens with zero attached hydrogens (tertiary/aromatic N) is 4. The summed E-state index contributed by atoms with van der Waals surface area (Å²) in [4.78, 5) is 36.3. The fraction of sp³-hybridized carbons (Fsp3) is 0.320. The van der Waals surface area contributed by atoms with Crippen LogP contribution in [0.25, 0.3) is 5.57 Å². The summed E-state index contributed by atoms with van der Waals surface area (Å²) in [5, 5.41) is 26.9. The molecule has 3 atom stereocenters. The van der Waals surface area contributed by atoms with Gasteiger partial charge in [0, 0.05) is 37.1 Å². The Hall–Kier alpha value is -3.06. The topological polar surface area (TPSA) is 146 Å². The van der Waals surface area contributed by atoms with E-state index in [0.717, 1.165) is 37.9 Å². The number of imidazole rings is 1. The van der Waals surface area contributed by atoms with Crippen LogP contribution in [0.1, 0.15) is 24.1 Å².